The standard InChI is InChI=1S/C20H35ClF3N5O/c21-16-2-1-13(7-15(16)20(22,23)24)18-27-10-17(30-14-3-5-26-9-14)19(28-18)29-6-4-12(8-25)11-29/h12-19,26-28H,1-11,25H2. The second-order valence-electron chi connectivity index (χ2n) is 9.41. The fourth-order valence-electron chi connectivity index (χ4n) is 5.58. The van der Waals surface area contributed by atoms with Crippen molar-refractivity contribution in [3.8, 4) is 0 Å². The van der Waals surface area contributed by atoms with E-state index >= 15 is 0 Å². The van der Waals surface area contributed by atoms with Crippen molar-refractivity contribution >= 4 is 11.6 Å². The molecular formula is C20H35ClF3N5O. The Balaban J connectivity index is 1.43. The maximum atomic E-state index is 13.5. The summed E-state index contributed by atoms with van der Waals surface area (Å²) in [5.74, 6) is -1.07. The van der Waals surface area contributed by atoms with Gasteiger partial charge in [-0.25, -0.2) is 0 Å². The first-order chi connectivity index (χ1) is 14.3. The highest BCUT2D eigenvalue weighted by atomic mass is 35.5. The third kappa shape index (κ3) is 5.24. The Kier molecular flexibility index (Phi) is 7.49. The van der Waals surface area contributed by atoms with Crippen LogP contribution in [0.4, 0.5) is 13.2 Å². The Labute approximate surface area is 181 Å². The number of halogens is 4. The van der Waals surface area contributed by atoms with Gasteiger partial charge >= 0.3 is 6.18 Å². The van der Waals surface area contributed by atoms with Crippen LogP contribution < -0.4 is 21.7 Å². The summed E-state index contributed by atoms with van der Waals surface area (Å²) >= 11 is 6.05. The van der Waals surface area contributed by atoms with Gasteiger partial charge in [-0.3, -0.25) is 15.5 Å². The highest BCUT2D eigenvalue weighted by Crippen LogP contribution is 2.43. The van der Waals surface area contributed by atoms with Gasteiger partial charge in [0.25, 0.3) is 0 Å². The monoisotopic (exact) mass is 453 g/mol. The van der Waals surface area contributed by atoms with Crippen molar-refractivity contribution in [2.75, 3.05) is 39.3 Å². The molecule has 0 spiro atoms. The molecule has 8 atom stereocenters. The molecule has 6 nitrogen and oxygen atoms in total. The molecule has 1 aliphatic carbocycles. The summed E-state index contributed by atoms with van der Waals surface area (Å²) in [6.07, 6.45) is -1.06. The van der Waals surface area contributed by atoms with Gasteiger partial charge in [-0.1, -0.05) is 0 Å². The quantitative estimate of drug-likeness (QED) is 0.472. The predicted octanol–water partition coefficient (Wildman–Crippen LogP) is 1.45. The number of hydrogen-bond acceptors (Lipinski definition) is 6. The molecule has 0 aromatic rings. The molecule has 3 aliphatic heterocycles. The topological polar surface area (TPSA) is 74.6 Å². The minimum Gasteiger partial charge on any atom is -0.369 e. The third-order valence-electron chi connectivity index (χ3n) is 7.37. The maximum Gasteiger partial charge on any atom is 0.393 e. The van der Waals surface area contributed by atoms with Crippen LogP contribution >= 0.6 is 11.6 Å². The van der Waals surface area contributed by atoms with E-state index in [0.717, 1.165) is 39.0 Å². The molecule has 1 saturated carbocycles. The van der Waals surface area contributed by atoms with Gasteiger partial charge in [-0.15, -0.1) is 11.6 Å². The largest absolute Gasteiger partial charge is 0.393 e. The zero-order valence-electron chi connectivity index (χ0n) is 17.3. The van der Waals surface area contributed by atoms with E-state index in [1.165, 1.54) is 0 Å². The van der Waals surface area contributed by atoms with E-state index in [1.54, 1.807) is 0 Å². The number of nitrogens with two attached hydrogens (primary N) is 1. The number of ether oxygens (including phenoxy) is 1. The SMILES string of the molecule is NCC1CCN(C2NC(C3CCC(Cl)C(C(F)(F)F)C3)NCC2OC2CCNC2)C1. The average Bonchev–Trinajstić information content (AvgIpc) is 3.40. The van der Waals surface area contributed by atoms with E-state index in [9.17, 15) is 13.2 Å². The van der Waals surface area contributed by atoms with Crippen LogP contribution in [0.15, 0.2) is 0 Å². The molecule has 3 saturated heterocycles. The van der Waals surface area contributed by atoms with E-state index in [1.807, 2.05) is 0 Å². The molecule has 10 heteroatoms. The van der Waals surface area contributed by atoms with Crippen LogP contribution in [0.3, 0.4) is 0 Å². The summed E-state index contributed by atoms with van der Waals surface area (Å²) in [5, 5.41) is 9.61. The molecule has 174 valence electrons. The predicted molar refractivity (Wildman–Crippen MR) is 110 cm³/mol. The van der Waals surface area contributed by atoms with Crippen LogP contribution in [0.25, 0.3) is 0 Å². The van der Waals surface area contributed by atoms with Crippen LogP contribution in [0.1, 0.15) is 32.1 Å². The molecule has 0 aromatic carbocycles. The number of nitrogens with zero attached hydrogens (tertiary/aromatic N) is 1. The maximum absolute atomic E-state index is 13.5. The molecule has 0 aromatic heterocycles. The number of likely N-dealkylation sites (tertiary alicyclic amines) is 1. The van der Waals surface area contributed by atoms with Crippen LogP contribution in [-0.4, -0.2) is 80.3 Å². The van der Waals surface area contributed by atoms with E-state index in [2.05, 4.69) is 20.9 Å². The number of nitrogens with one attached hydrogen (secondary N) is 3. The number of hydrogen-bond donors (Lipinski definition) is 4. The normalized spacial score (nSPS) is 43.9. The van der Waals surface area contributed by atoms with Crippen molar-refractivity contribution in [3.63, 3.8) is 0 Å². The Morgan fingerprint density at radius 3 is 2.63 bits per heavy atom. The van der Waals surface area contributed by atoms with Crippen molar-refractivity contribution in [2.24, 2.45) is 23.5 Å². The molecule has 0 radical (unpaired) electrons. The second kappa shape index (κ2) is 9.77. The molecule has 5 N–H and O–H groups in total. The first kappa shape index (κ1) is 23.0. The van der Waals surface area contributed by atoms with Gasteiger partial charge < -0.3 is 15.8 Å². The molecule has 30 heavy (non-hydrogen) atoms. The minimum atomic E-state index is -4.25. The van der Waals surface area contributed by atoms with Crippen molar-refractivity contribution in [3.05, 3.63) is 0 Å². The van der Waals surface area contributed by atoms with Gasteiger partial charge in [0.05, 0.1) is 30.5 Å². The highest BCUT2D eigenvalue weighted by molar-refractivity contribution is 6.20. The molecule has 0 bridgehead atoms. The Hall–Kier alpha value is -0.160. The summed E-state index contributed by atoms with van der Waals surface area (Å²) in [5.41, 5.74) is 5.89. The lowest BCUT2D eigenvalue weighted by atomic mass is 9.78. The molecule has 4 rings (SSSR count). The van der Waals surface area contributed by atoms with Gasteiger partial charge in [-0.05, 0) is 57.0 Å². The zero-order chi connectivity index (χ0) is 21.3. The van der Waals surface area contributed by atoms with Gasteiger partial charge in [0, 0.05) is 31.6 Å². The summed E-state index contributed by atoms with van der Waals surface area (Å²) in [6, 6.07) is 0. The van der Waals surface area contributed by atoms with E-state index in [-0.39, 0.29) is 36.9 Å². The fraction of sp³-hybridized carbons (Fsp3) is 1.00. The number of alkyl halides is 4. The van der Waals surface area contributed by atoms with Crippen molar-refractivity contribution < 1.29 is 17.9 Å². The molecule has 0 amide bonds. The van der Waals surface area contributed by atoms with Gasteiger partial charge in [-0.2, -0.15) is 13.2 Å². The zero-order valence-corrected chi connectivity index (χ0v) is 18.1. The smallest absolute Gasteiger partial charge is 0.369 e. The molecule has 8 unspecified atom stereocenters. The highest BCUT2D eigenvalue weighted by Gasteiger charge is 2.49. The van der Waals surface area contributed by atoms with Crippen LogP contribution in [-0.2, 0) is 4.74 Å². The van der Waals surface area contributed by atoms with Crippen molar-refractivity contribution in [1.82, 2.24) is 20.9 Å². The summed E-state index contributed by atoms with van der Waals surface area (Å²) in [7, 11) is 0. The summed E-state index contributed by atoms with van der Waals surface area (Å²) in [4.78, 5) is 2.38. The van der Waals surface area contributed by atoms with E-state index in [4.69, 9.17) is 22.1 Å². The van der Waals surface area contributed by atoms with E-state index in [0.29, 0.717) is 31.8 Å². The lowest BCUT2D eigenvalue weighted by molar-refractivity contribution is -0.186. The fourth-order valence-corrected chi connectivity index (χ4v) is 5.95. The Morgan fingerprint density at radius 1 is 1.13 bits per heavy atom. The average molecular weight is 454 g/mol. The van der Waals surface area contributed by atoms with Gasteiger partial charge in [0.15, 0.2) is 0 Å². The van der Waals surface area contributed by atoms with Crippen LogP contribution in [0, 0.1) is 17.8 Å². The van der Waals surface area contributed by atoms with Gasteiger partial charge in [0.2, 0.25) is 0 Å². The lowest BCUT2D eigenvalue weighted by Gasteiger charge is -2.47. The molecule has 3 heterocycles. The lowest BCUT2D eigenvalue weighted by Crippen LogP contribution is -2.69. The van der Waals surface area contributed by atoms with Crippen LogP contribution in [0.5, 0.6) is 0 Å². The second-order valence-corrected chi connectivity index (χ2v) is 9.97. The van der Waals surface area contributed by atoms with Crippen molar-refractivity contribution in [1.29, 1.82) is 0 Å². The first-order valence-corrected chi connectivity index (χ1v) is 11.8. The number of rotatable bonds is 5. The molecular weight excluding hydrogens is 419 g/mol. The molecule has 4 fully saturated rings. The van der Waals surface area contributed by atoms with E-state index < -0.39 is 17.5 Å². The first-order valence-electron chi connectivity index (χ1n) is 11.4. The Bertz CT molecular complexity index is 565. The Morgan fingerprint density at radius 2 is 1.97 bits per heavy atom. The van der Waals surface area contributed by atoms with Gasteiger partial charge in [0.1, 0.15) is 0 Å². The third-order valence-corrected chi connectivity index (χ3v) is 7.89. The van der Waals surface area contributed by atoms with Crippen molar-refractivity contribution in [2.45, 2.75) is 68.2 Å². The molecule has 4 aliphatic rings. The minimum absolute atomic E-state index is 0.00791. The van der Waals surface area contributed by atoms with Crippen LogP contribution in [0.2, 0.25) is 0 Å². The summed E-state index contributed by atoms with van der Waals surface area (Å²) in [6.45, 7) is 4.96. The summed E-state index contributed by atoms with van der Waals surface area (Å²) < 4.78 is 46.8.